The highest BCUT2D eigenvalue weighted by Crippen LogP contribution is 2.35. The number of ether oxygens (including phenoxy) is 1. The molecular formula is C26H23FN4O4. The molecular weight excluding hydrogens is 451 g/mol. The summed E-state index contributed by atoms with van der Waals surface area (Å²) in [6.45, 7) is 4.18. The highest BCUT2D eigenvalue weighted by atomic mass is 19.1. The Hall–Kier alpha value is -3.69. The molecule has 2 aliphatic rings. The van der Waals surface area contributed by atoms with Gasteiger partial charge in [0.25, 0.3) is 5.91 Å². The highest BCUT2D eigenvalue weighted by Gasteiger charge is 2.41. The first-order chi connectivity index (χ1) is 16.8. The van der Waals surface area contributed by atoms with Gasteiger partial charge in [-0.15, -0.1) is 0 Å². The molecule has 35 heavy (non-hydrogen) atoms. The number of pyridine rings is 1. The van der Waals surface area contributed by atoms with Crippen LogP contribution < -0.4 is 0 Å². The van der Waals surface area contributed by atoms with Crippen molar-refractivity contribution in [2.75, 3.05) is 13.2 Å². The van der Waals surface area contributed by atoms with Crippen molar-refractivity contribution in [1.29, 1.82) is 0 Å². The minimum Gasteiger partial charge on any atom is -0.452 e. The van der Waals surface area contributed by atoms with Crippen LogP contribution in [0.25, 0.3) is 33.7 Å². The first-order valence-electron chi connectivity index (χ1n) is 11.4. The maximum Gasteiger partial charge on any atom is 0.254 e. The van der Waals surface area contributed by atoms with Gasteiger partial charge in [0.05, 0.1) is 18.8 Å². The lowest BCUT2D eigenvalue weighted by atomic mass is 10.0. The van der Waals surface area contributed by atoms with Crippen molar-refractivity contribution in [3.8, 4) is 22.6 Å². The van der Waals surface area contributed by atoms with Gasteiger partial charge < -0.3 is 19.2 Å². The van der Waals surface area contributed by atoms with Crippen molar-refractivity contribution in [2.24, 2.45) is 0 Å². The van der Waals surface area contributed by atoms with Crippen LogP contribution in [0.15, 0.2) is 53.3 Å². The largest absolute Gasteiger partial charge is 0.452 e. The number of fused-ring (bicyclic) bond motifs is 3. The molecule has 2 fully saturated rings. The molecule has 0 spiro atoms. The normalized spacial score (nSPS) is 19.6. The number of likely N-dealkylation sites (tertiary alicyclic amines) is 1. The Morgan fingerprint density at radius 1 is 1.17 bits per heavy atom. The lowest BCUT2D eigenvalue weighted by Crippen LogP contribution is -2.41. The smallest absolute Gasteiger partial charge is 0.254 e. The molecule has 178 valence electrons. The maximum atomic E-state index is 15.2. The number of carbonyl (C=O) groups excluding carboxylic acids is 1. The van der Waals surface area contributed by atoms with Crippen LogP contribution in [0.3, 0.4) is 0 Å². The van der Waals surface area contributed by atoms with Crippen LogP contribution in [0, 0.1) is 5.82 Å². The van der Waals surface area contributed by atoms with Gasteiger partial charge in [-0.1, -0.05) is 12.1 Å². The van der Waals surface area contributed by atoms with Gasteiger partial charge in [-0.3, -0.25) is 9.78 Å². The van der Waals surface area contributed by atoms with Crippen LogP contribution in [0.2, 0.25) is 0 Å². The summed E-state index contributed by atoms with van der Waals surface area (Å²) in [7, 11) is 0. The summed E-state index contributed by atoms with van der Waals surface area (Å²) >= 11 is 0. The molecule has 3 aromatic heterocycles. The number of halogens is 1. The molecule has 1 aromatic carbocycles. The molecule has 9 heteroatoms. The monoisotopic (exact) mass is 474 g/mol. The predicted octanol–water partition coefficient (Wildman–Crippen LogP) is 3.93. The number of benzene rings is 1. The number of hydrogen-bond donors (Lipinski definition) is 1. The minimum atomic E-state index is -1.46. The molecule has 5 heterocycles. The molecule has 0 unspecified atom stereocenters. The van der Waals surface area contributed by atoms with E-state index in [1.54, 1.807) is 18.2 Å². The van der Waals surface area contributed by atoms with Crippen molar-refractivity contribution >= 4 is 17.0 Å². The van der Waals surface area contributed by atoms with Crippen molar-refractivity contribution in [2.45, 2.75) is 38.0 Å². The third kappa shape index (κ3) is 3.67. The van der Waals surface area contributed by atoms with Gasteiger partial charge in [-0.25, -0.2) is 14.4 Å². The zero-order chi connectivity index (χ0) is 24.3. The Kier molecular flexibility index (Phi) is 4.94. The van der Waals surface area contributed by atoms with E-state index in [0.717, 1.165) is 12.0 Å². The van der Waals surface area contributed by atoms with E-state index in [-0.39, 0.29) is 35.0 Å². The van der Waals surface area contributed by atoms with Crippen LogP contribution >= 0.6 is 0 Å². The van der Waals surface area contributed by atoms with E-state index in [0.29, 0.717) is 35.6 Å². The number of amides is 1. The molecule has 0 saturated carbocycles. The van der Waals surface area contributed by atoms with Gasteiger partial charge >= 0.3 is 0 Å². The Labute approximate surface area is 200 Å². The Balaban J connectivity index is 1.33. The standard InChI is InChI=1S/C26H23FN4O4/c1-26(2,33)24-21(27)18(7-8-28-24)22-23-19(29-13-30-22)10-20(35-23)14-3-5-15(6-4-14)25(32)31-11-17-9-16(31)12-34-17/h3-8,10,13,16-17,33H,9,11-12H2,1-2H3/t16-,17-/m1/s1. The molecule has 4 aromatic rings. The summed E-state index contributed by atoms with van der Waals surface area (Å²) in [5.74, 6) is -0.144. The predicted molar refractivity (Wildman–Crippen MR) is 125 cm³/mol. The van der Waals surface area contributed by atoms with E-state index in [1.165, 1.54) is 32.4 Å². The van der Waals surface area contributed by atoms with Crippen molar-refractivity contribution in [1.82, 2.24) is 19.9 Å². The molecule has 2 atom stereocenters. The van der Waals surface area contributed by atoms with E-state index < -0.39 is 11.4 Å². The number of hydrogen-bond acceptors (Lipinski definition) is 7. The minimum absolute atomic E-state index is 0.000818. The Bertz CT molecular complexity index is 1440. The van der Waals surface area contributed by atoms with Gasteiger partial charge in [0, 0.05) is 35.5 Å². The summed E-state index contributed by atoms with van der Waals surface area (Å²) in [4.78, 5) is 27.3. The molecule has 0 aliphatic carbocycles. The van der Waals surface area contributed by atoms with Gasteiger partial charge in [-0.2, -0.15) is 0 Å². The average molecular weight is 474 g/mol. The number of aromatic nitrogens is 3. The van der Waals surface area contributed by atoms with Gasteiger partial charge in [0.15, 0.2) is 11.4 Å². The van der Waals surface area contributed by atoms with Crippen LogP contribution in [0.1, 0.15) is 36.3 Å². The lowest BCUT2D eigenvalue weighted by Gasteiger charge is -2.26. The third-order valence-corrected chi connectivity index (χ3v) is 6.61. The quantitative estimate of drug-likeness (QED) is 0.478. The maximum absolute atomic E-state index is 15.2. The highest BCUT2D eigenvalue weighted by molar-refractivity contribution is 5.95. The third-order valence-electron chi connectivity index (χ3n) is 6.61. The van der Waals surface area contributed by atoms with E-state index in [9.17, 15) is 9.90 Å². The number of rotatable bonds is 4. The molecule has 2 saturated heterocycles. The summed E-state index contributed by atoms with van der Waals surface area (Å²) in [6.07, 6.45) is 3.83. The van der Waals surface area contributed by atoms with Gasteiger partial charge in [0.1, 0.15) is 34.6 Å². The molecule has 1 amide bonds. The molecule has 6 rings (SSSR count). The molecule has 8 nitrogen and oxygen atoms in total. The van der Waals surface area contributed by atoms with Crippen LogP contribution in [-0.2, 0) is 10.3 Å². The van der Waals surface area contributed by atoms with Gasteiger partial charge in [0.2, 0.25) is 0 Å². The zero-order valence-corrected chi connectivity index (χ0v) is 19.2. The second-order valence-corrected chi connectivity index (χ2v) is 9.51. The van der Waals surface area contributed by atoms with Crippen molar-refractivity contribution in [3.05, 3.63) is 66.0 Å². The van der Waals surface area contributed by atoms with E-state index in [1.807, 2.05) is 17.0 Å². The number of aliphatic hydroxyl groups is 1. The zero-order valence-electron chi connectivity index (χ0n) is 19.2. The van der Waals surface area contributed by atoms with Crippen LogP contribution in [-0.4, -0.2) is 56.2 Å². The first-order valence-corrected chi connectivity index (χ1v) is 11.4. The van der Waals surface area contributed by atoms with E-state index in [4.69, 9.17) is 9.15 Å². The fourth-order valence-corrected chi connectivity index (χ4v) is 4.83. The molecule has 0 radical (unpaired) electrons. The Morgan fingerprint density at radius 2 is 1.97 bits per heavy atom. The number of nitrogens with zero attached hydrogens (tertiary/aromatic N) is 4. The van der Waals surface area contributed by atoms with Crippen LogP contribution in [0.5, 0.6) is 0 Å². The second kappa shape index (κ2) is 7.93. The molecule has 2 bridgehead atoms. The molecule has 2 aliphatic heterocycles. The lowest BCUT2D eigenvalue weighted by molar-refractivity contribution is 0.0259. The fourth-order valence-electron chi connectivity index (χ4n) is 4.83. The topological polar surface area (TPSA) is 102 Å². The van der Waals surface area contributed by atoms with Crippen molar-refractivity contribution < 1.29 is 23.4 Å². The Morgan fingerprint density at radius 3 is 2.66 bits per heavy atom. The summed E-state index contributed by atoms with van der Waals surface area (Å²) in [5, 5.41) is 10.3. The van der Waals surface area contributed by atoms with Crippen molar-refractivity contribution in [3.63, 3.8) is 0 Å². The summed E-state index contributed by atoms with van der Waals surface area (Å²) < 4.78 is 26.9. The number of carbonyl (C=O) groups is 1. The summed E-state index contributed by atoms with van der Waals surface area (Å²) in [6, 6.07) is 10.6. The fraction of sp³-hybridized carbons (Fsp3) is 0.308. The SMILES string of the molecule is CC(C)(O)c1nccc(-c2ncnc3cc(-c4ccc(C(=O)N5C[C@H]6C[C@@H]5CO6)cc4)oc23)c1F. The number of morpholine rings is 1. The van der Waals surface area contributed by atoms with Gasteiger partial charge in [-0.05, 0) is 38.5 Å². The van der Waals surface area contributed by atoms with E-state index >= 15 is 4.39 Å². The average Bonchev–Trinajstić information content (AvgIpc) is 3.59. The van der Waals surface area contributed by atoms with Crippen LogP contribution in [0.4, 0.5) is 4.39 Å². The van der Waals surface area contributed by atoms with E-state index in [2.05, 4.69) is 15.0 Å². The summed E-state index contributed by atoms with van der Waals surface area (Å²) in [5.41, 5.74) is 1.09. The number of furan rings is 1. The molecule has 1 N–H and O–H groups in total. The second-order valence-electron chi connectivity index (χ2n) is 9.51. The first kappa shape index (κ1) is 21.8.